The van der Waals surface area contributed by atoms with Crippen LogP contribution in [0.25, 0.3) is 10.8 Å². The summed E-state index contributed by atoms with van der Waals surface area (Å²) < 4.78 is 16.4. The van der Waals surface area contributed by atoms with Gasteiger partial charge in [0.25, 0.3) is 0 Å². The van der Waals surface area contributed by atoms with Gasteiger partial charge < -0.3 is 14.2 Å². The zero-order valence-electron chi connectivity index (χ0n) is 16.6. The second kappa shape index (κ2) is 9.73. The number of rotatable bonds is 8. The smallest absolute Gasteiger partial charge is 0.338 e. The molecule has 3 rings (SSSR count). The standard InChI is InChI=1S/C24H24O5/c1-3-27-23(25)15-20-18-12-8-9-13-19(18)22(14-21(20)24(26)28-4-2)29-16-17-10-6-5-7-11-17/h5-14H,3-4,15-16H2,1-2H3. The van der Waals surface area contributed by atoms with Crippen molar-refractivity contribution in [1.29, 1.82) is 0 Å². The minimum Gasteiger partial charge on any atom is -0.488 e. The van der Waals surface area contributed by atoms with Crippen LogP contribution in [0.5, 0.6) is 5.75 Å². The van der Waals surface area contributed by atoms with Gasteiger partial charge in [0.1, 0.15) is 12.4 Å². The molecule has 0 fully saturated rings. The highest BCUT2D eigenvalue weighted by molar-refractivity contribution is 6.03. The van der Waals surface area contributed by atoms with Crippen LogP contribution in [-0.4, -0.2) is 25.2 Å². The molecule has 0 N–H and O–H groups in total. The lowest BCUT2D eigenvalue weighted by molar-refractivity contribution is -0.142. The SMILES string of the molecule is CCOC(=O)Cc1c(C(=O)OCC)cc(OCc2ccccc2)c2ccccc12. The van der Waals surface area contributed by atoms with Gasteiger partial charge in [0, 0.05) is 5.39 Å². The third-order valence-corrected chi connectivity index (χ3v) is 4.48. The first-order valence-corrected chi connectivity index (χ1v) is 9.68. The van der Waals surface area contributed by atoms with E-state index in [0.29, 0.717) is 23.5 Å². The summed E-state index contributed by atoms with van der Waals surface area (Å²) in [6, 6.07) is 19.0. The molecule has 0 aliphatic carbocycles. The lowest BCUT2D eigenvalue weighted by atomic mass is 9.95. The van der Waals surface area contributed by atoms with Gasteiger partial charge in [-0.2, -0.15) is 0 Å². The highest BCUT2D eigenvalue weighted by atomic mass is 16.5. The molecule has 0 aliphatic heterocycles. The summed E-state index contributed by atoms with van der Waals surface area (Å²) >= 11 is 0. The van der Waals surface area contributed by atoms with E-state index in [9.17, 15) is 9.59 Å². The molecule has 0 radical (unpaired) electrons. The van der Waals surface area contributed by atoms with Crippen molar-refractivity contribution in [3.63, 3.8) is 0 Å². The molecule has 0 aromatic heterocycles. The number of fused-ring (bicyclic) bond motifs is 1. The molecule has 0 saturated carbocycles. The predicted octanol–water partition coefficient (Wildman–Crippen LogP) is 4.70. The second-order valence-corrected chi connectivity index (χ2v) is 6.42. The quantitative estimate of drug-likeness (QED) is 0.520. The molecule has 5 heteroatoms. The molecule has 29 heavy (non-hydrogen) atoms. The van der Waals surface area contributed by atoms with Crippen LogP contribution in [0, 0.1) is 0 Å². The normalized spacial score (nSPS) is 10.6. The van der Waals surface area contributed by atoms with Crippen molar-refractivity contribution in [3.8, 4) is 5.75 Å². The third kappa shape index (κ3) is 4.93. The molecule has 0 bridgehead atoms. The maximum absolute atomic E-state index is 12.6. The third-order valence-electron chi connectivity index (χ3n) is 4.48. The molecule has 3 aromatic carbocycles. The van der Waals surface area contributed by atoms with Crippen molar-refractivity contribution in [3.05, 3.63) is 77.4 Å². The van der Waals surface area contributed by atoms with Crippen molar-refractivity contribution in [2.75, 3.05) is 13.2 Å². The lowest BCUT2D eigenvalue weighted by Crippen LogP contribution is -2.14. The number of benzene rings is 3. The fourth-order valence-electron chi connectivity index (χ4n) is 3.19. The fourth-order valence-corrected chi connectivity index (χ4v) is 3.19. The van der Waals surface area contributed by atoms with Crippen LogP contribution in [-0.2, 0) is 27.3 Å². The average molecular weight is 392 g/mol. The Morgan fingerprint density at radius 1 is 0.828 bits per heavy atom. The number of esters is 2. The maximum Gasteiger partial charge on any atom is 0.338 e. The first-order valence-electron chi connectivity index (χ1n) is 9.68. The minimum absolute atomic E-state index is 0.0124. The van der Waals surface area contributed by atoms with Gasteiger partial charge in [-0.1, -0.05) is 54.6 Å². The molecule has 150 valence electrons. The summed E-state index contributed by atoms with van der Waals surface area (Å²) in [5.74, 6) is -0.302. The van der Waals surface area contributed by atoms with Gasteiger partial charge in [0.2, 0.25) is 0 Å². The van der Waals surface area contributed by atoms with Crippen LogP contribution >= 0.6 is 0 Å². The van der Waals surface area contributed by atoms with Gasteiger partial charge in [0.15, 0.2) is 0 Å². The maximum atomic E-state index is 12.6. The monoisotopic (exact) mass is 392 g/mol. The number of hydrogen-bond donors (Lipinski definition) is 0. The molecular weight excluding hydrogens is 368 g/mol. The van der Waals surface area contributed by atoms with Crippen LogP contribution in [0.15, 0.2) is 60.7 Å². The average Bonchev–Trinajstić information content (AvgIpc) is 2.74. The molecule has 0 saturated heterocycles. The van der Waals surface area contributed by atoms with E-state index in [1.54, 1.807) is 19.9 Å². The van der Waals surface area contributed by atoms with Crippen LogP contribution in [0.4, 0.5) is 0 Å². The van der Waals surface area contributed by atoms with Gasteiger partial charge in [0.05, 0.1) is 25.2 Å². The molecular formula is C24H24O5. The summed E-state index contributed by atoms with van der Waals surface area (Å²) in [5.41, 5.74) is 1.93. The summed E-state index contributed by atoms with van der Waals surface area (Å²) in [7, 11) is 0. The Hall–Kier alpha value is -3.34. The first-order chi connectivity index (χ1) is 14.1. The van der Waals surface area contributed by atoms with E-state index in [4.69, 9.17) is 14.2 Å². The summed E-state index contributed by atoms with van der Waals surface area (Å²) in [6.07, 6.45) is -0.0124. The highest BCUT2D eigenvalue weighted by Gasteiger charge is 2.21. The molecule has 0 spiro atoms. The Labute approximate surface area is 170 Å². The van der Waals surface area contributed by atoms with E-state index in [1.165, 1.54) is 0 Å². The Balaban J connectivity index is 2.07. The molecule has 5 nitrogen and oxygen atoms in total. The van der Waals surface area contributed by atoms with E-state index in [1.807, 2.05) is 54.6 Å². The molecule has 0 amide bonds. The van der Waals surface area contributed by atoms with Crippen molar-refractivity contribution in [2.45, 2.75) is 26.9 Å². The van der Waals surface area contributed by atoms with Gasteiger partial charge in [-0.25, -0.2) is 4.79 Å². The van der Waals surface area contributed by atoms with E-state index in [0.717, 1.165) is 16.3 Å². The Morgan fingerprint density at radius 3 is 2.17 bits per heavy atom. The van der Waals surface area contributed by atoms with Crippen LogP contribution in [0.1, 0.15) is 35.3 Å². The van der Waals surface area contributed by atoms with Crippen molar-refractivity contribution in [1.82, 2.24) is 0 Å². The van der Waals surface area contributed by atoms with Gasteiger partial charge >= 0.3 is 11.9 Å². The topological polar surface area (TPSA) is 61.8 Å². The Bertz CT molecular complexity index is 995. The highest BCUT2D eigenvalue weighted by Crippen LogP contribution is 2.33. The van der Waals surface area contributed by atoms with Crippen LogP contribution in [0.2, 0.25) is 0 Å². The molecule has 0 atom stereocenters. The lowest BCUT2D eigenvalue weighted by Gasteiger charge is -2.16. The molecule has 0 heterocycles. The zero-order valence-corrected chi connectivity index (χ0v) is 16.6. The van der Waals surface area contributed by atoms with Crippen LogP contribution < -0.4 is 4.74 Å². The van der Waals surface area contributed by atoms with Crippen LogP contribution in [0.3, 0.4) is 0 Å². The van der Waals surface area contributed by atoms with Gasteiger partial charge in [-0.3, -0.25) is 4.79 Å². The second-order valence-electron chi connectivity index (χ2n) is 6.42. The summed E-state index contributed by atoms with van der Waals surface area (Å²) in [5, 5.41) is 1.60. The summed E-state index contributed by atoms with van der Waals surface area (Å²) in [4.78, 5) is 24.8. The largest absolute Gasteiger partial charge is 0.488 e. The van der Waals surface area contributed by atoms with E-state index >= 15 is 0 Å². The van der Waals surface area contributed by atoms with Gasteiger partial charge in [-0.05, 0) is 36.4 Å². The molecule has 0 unspecified atom stereocenters. The fraction of sp³-hybridized carbons (Fsp3) is 0.250. The zero-order chi connectivity index (χ0) is 20.6. The molecule has 0 aliphatic rings. The molecule has 3 aromatic rings. The Morgan fingerprint density at radius 2 is 1.48 bits per heavy atom. The number of carbonyl (C=O) groups is 2. The van der Waals surface area contributed by atoms with E-state index in [-0.39, 0.29) is 25.6 Å². The number of carbonyl (C=O) groups excluding carboxylic acids is 2. The Kier molecular flexibility index (Phi) is 6.85. The van der Waals surface area contributed by atoms with Crippen molar-refractivity contribution < 1.29 is 23.8 Å². The predicted molar refractivity (Wildman–Crippen MR) is 111 cm³/mol. The number of hydrogen-bond acceptors (Lipinski definition) is 5. The minimum atomic E-state index is -0.484. The van der Waals surface area contributed by atoms with Gasteiger partial charge in [-0.15, -0.1) is 0 Å². The van der Waals surface area contributed by atoms with E-state index < -0.39 is 5.97 Å². The first kappa shape index (κ1) is 20.4. The summed E-state index contributed by atoms with van der Waals surface area (Å²) in [6.45, 7) is 4.39. The number of ether oxygens (including phenoxy) is 3. The van der Waals surface area contributed by atoms with Crippen molar-refractivity contribution >= 4 is 22.7 Å². The van der Waals surface area contributed by atoms with E-state index in [2.05, 4.69) is 0 Å². The van der Waals surface area contributed by atoms with Crippen molar-refractivity contribution in [2.24, 2.45) is 0 Å².